The van der Waals surface area contributed by atoms with Crippen LogP contribution in [0.25, 0.3) is 11.0 Å². The number of aromatic nitrogens is 3. The highest BCUT2D eigenvalue weighted by atomic mass is 32.2. The molecule has 28 heavy (non-hydrogen) atoms. The lowest BCUT2D eigenvalue weighted by Crippen LogP contribution is -2.14. The number of rotatable bonds is 7. The summed E-state index contributed by atoms with van der Waals surface area (Å²) in [6.45, 7) is 2.88. The number of imidazole rings is 1. The van der Waals surface area contributed by atoms with E-state index in [9.17, 15) is 14.5 Å². The Balaban J connectivity index is 2.05. The van der Waals surface area contributed by atoms with Gasteiger partial charge in [-0.25, -0.2) is 0 Å². The van der Waals surface area contributed by atoms with Crippen LogP contribution in [-0.4, -0.2) is 44.2 Å². The number of ether oxygens (including phenoxy) is 2. The Kier molecular flexibility index (Phi) is 5.87. The number of methoxy groups -OCH3 is 2. The van der Waals surface area contributed by atoms with E-state index in [1.807, 2.05) is 6.92 Å². The summed E-state index contributed by atoms with van der Waals surface area (Å²) in [6, 6.07) is 5.07. The minimum absolute atomic E-state index is 0.0300. The zero-order chi connectivity index (χ0) is 20.4. The van der Waals surface area contributed by atoms with Crippen LogP contribution in [0.2, 0.25) is 0 Å². The minimum atomic E-state index is -1.62. The van der Waals surface area contributed by atoms with Gasteiger partial charge >= 0.3 is 5.16 Å². The number of aliphatic hydroxyl groups excluding tert-OH is 1. The van der Waals surface area contributed by atoms with Crippen LogP contribution in [0.15, 0.2) is 29.6 Å². The molecule has 0 bridgehead atoms. The summed E-state index contributed by atoms with van der Waals surface area (Å²) < 4.78 is 25.1. The van der Waals surface area contributed by atoms with Gasteiger partial charge < -0.3 is 19.1 Å². The van der Waals surface area contributed by atoms with Crippen LogP contribution < -0.4 is 9.47 Å². The van der Waals surface area contributed by atoms with Gasteiger partial charge in [-0.15, -0.1) is 0 Å². The lowest BCUT2D eigenvalue weighted by molar-refractivity contribution is 0.101. The molecule has 1 aromatic carbocycles. The number of aryl methyl sites for hydroxylation is 1. The fourth-order valence-electron chi connectivity index (χ4n) is 3.09. The van der Waals surface area contributed by atoms with E-state index in [0.29, 0.717) is 33.8 Å². The molecule has 148 valence electrons. The standard InChI is InChI=1S/C19H21N3O5S/c1-11-7-14-16(8-13(11)12(2)24)22(10-23)19(21-14)28(25)9-15-18(27-4)17(26-3)5-6-20-15/h5-8,23H,9-10H2,1-4H3. The molecular formula is C19H21N3O5S. The summed E-state index contributed by atoms with van der Waals surface area (Å²) in [5.74, 6) is 0.835. The number of aliphatic hydroxyl groups is 1. The summed E-state index contributed by atoms with van der Waals surface area (Å²) in [6.07, 6.45) is 1.55. The predicted molar refractivity (Wildman–Crippen MR) is 104 cm³/mol. The molecule has 0 aliphatic heterocycles. The van der Waals surface area contributed by atoms with E-state index in [1.54, 1.807) is 24.4 Å². The van der Waals surface area contributed by atoms with Crippen molar-refractivity contribution in [3.8, 4) is 11.5 Å². The second-order valence-corrected chi connectivity index (χ2v) is 7.50. The Morgan fingerprint density at radius 3 is 2.68 bits per heavy atom. The van der Waals surface area contributed by atoms with E-state index >= 15 is 0 Å². The first kappa shape index (κ1) is 20.1. The van der Waals surface area contributed by atoms with Gasteiger partial charge in [0, 0.05) is 29.0 Å². The molecule has 0 spiro atoms. The number of hydrogen-bond acceptors (Lipinski definition) is 7. The van der Waals surface area contributed by atoms with Gasteiger partial charge in [0.1, 0.15) is 12.4 Å². The van der Waals surface area contributed by atoms with Crippen LogP contribution in [0.4, 0.5) is 0 Å². The molecule has 3 rings (SSSR count). The Morgan fingerprint density at radius 1 is 1.32 bits per heavy atom. The van der Waals surface area contributed by atoms with E-state index in [0.717, 1.165) is 5.56 Å². The van der Waals surface area contributed by atoms with Crippen LogP contribution in [-0.2, 0) is 23.7 Å². The molecule has 9 heteroatoms. The molecular weight excluding hydrogens is 382 g/mol. The normalized spacial score (nSPS) is 12.2. The van der Waals surface area contributed by atoms with Gasteiger partial charge in [0.15, 0.2) is 23.0 Å². The number of benzene rings is 1. The largest absolute Gasteiger partial charge is 0.609 e. The number of carbonyl (C=O) groups excluding carboxylic acids is 1. The van der Waals surface area contributed by atoms with Gasteiger partial charge in [-0.3, -0.25) is 14.3 Å². The Hall–Kier alpha value is -2.62. The molecule has 1 unspecified atom stereocenters. The lowest BCUT2D eigenvalue weighted by atomic mass is 10.0. The predicted octanol–water partition coefficient (Wildman–Crippen LogP) is 2.22. The summed E-state index contributed by atoms with van der Waals surface area (Å²) in [5, 5.41) is 10.0. The Morgan fingerprint density at radius 2 is 2.07 bits per heavy atom. The molecule has 0 saturated heterocycles. The van der Waals surface area contributed by atoms with Gasteiger partial charge in [-0.1, -0.05) is 0 Å². The van der Waals surface area contributed by atoms with Crippen molar-refractivity contribution >= 4 is 28.0 Å². The molecule has 0 amide bonds. The molecule has 3 aromatic rings. The van der Waals surface area contributed by atoms with Gasteiger partial charge in [0.25, 0.3) is 0 Å². The molecule has 2 aromatic heterocycles. The van der Waals surface area contributed by atoms with Crippen molar-refractivity contribution in [2.24, 2.45) is 0 Å². The fourth-order valence-corrected chi connectivity index (χ4v) is 4.27. The highest BCUT2D eigenvalue weighted by Crippen LogP contribution is 2.32. The second kappa shape index (κ2) is 8.17. The summed E-state index contributed by atoms with van der Waals surface area (Å²) in [7, 11) is 3.00. The molecule has 2 heterocycles. The zero-order valence-electron chi connectivity index (χ0n) is 16.1. The van der Waals surface area contributed by atoms with Crippen LogP contribution in [0, 0.1) is 6.92 Å². The number of Topliss-reactive ketones (excluding diaryl/α,β-unsaturated/α-hetero) is 1. The number of fused-ring (bicyclic) bond motifs is 1. The molecule has 1 N–H and O–H groups in total. The topological polar surface area (TPSA) is 110 Å². The number of ketones is 1. The maximum absolute atomic E-state index is 13.0. The molecule has 1 atom stereocenters. The van der Waals surface area contributed by atoms with Gasteiger partial charge in [0.05, 0.1) is 25.3 Å². The van der Waals surface area contributed by atoms with Crippen LogP contribution in [0.5, 0.6) is 11.5 Å². The van der Waals surface area contributed by atoms with E-state index in [2.05, 4.69) is 9.97 Å². The summed E-state index contributed by atoms with van der Waals surface area (Å²) in [5.41, 5.74) is 2.88. The first-order chi connectivity index (χ1) is 13.4. The van der Waals surface area contributed by atoms with Crippen molar-refractivity contribution in [1.29, 1.82) is 0 Å². The Labute approximate surface area is 165 Å². The van der Waals surface area contributed by atoms with E-state index in [-0.39, 0.29) is 16.7 Å². The van der Waals surface area contributed by atoms with Crippen LogP contribution in [0.3, 0.4) is 0 Å². The average molecular weight is 403 g/mol. The lowest BCUT2D eigenvalue weighted by Gasteiger charge is -2.14. The third kappa shape index (κ3) is 3.56. The SMILES string of the molecule is COc1ccnc(C[S+]([O-])c2nc3cc(C)c(C(C)=O)cc3n2CO)c1OC. The smallest absolute Gasteiger partial charge is 0.326 e. The first-order valence-electron chi connectivity index (χ1n) is 8.48. The van der Waals surface area contributed by atoms with E-state index in [1.165, 1.54) is 25.7 Å². The quantitative estimate of drug-likeness (QED) is 0.476. The van der Waals surface area contributed by atoms with Gasteiger partial charge in [-0.05, 0) is 31.5 Å². The maximum atomic E-state index is 13.0. The van der Waals surface area contributed by atoms with Crippen molar-refractivity contribution < 1.29 is 23.9 Å². The monoisotopic (exact) mass is 403 g/mol. The molecule has 0 aliphatic carbocycles. The minimum Gasteiger partial charge on any atom is -0.609 e. The maximum Gasteiger partial charge on any atom is 0.326 e. The van der Waals surface area contributed by atoms with Crippen molar-refractivity contribution in [3.63, 3.8) is 0 Å². The third-order valence-electron chi connectivity index (χ3n) is 4.42. The molecule has 0 aliphatic rings. The molecule has 0 saturated carbocycles. The van der Waals surface area contributed by atoms with Crippen LogP contribution >= 0.6 is 0 Å². The molecule has 0 fully saturated rings. The number of hydrogen-bond donors (Lipinski definition) is 1. The van der Waals surface area contributed by atoms with Gasteiger partial charge in [0.2, 0.25) is 0 Å². The van der Waals surface area contributed by atoms with Gasteiger partial charge in [-0.2, -0.15) is 4.98 Å². The zero-order valence-corrected chi connectivity index (χ0v) is 16.9. The highest BCUT2D eigenvalue weighted by molar-refractivity contribution is 7.90. The van der Waals surface area contributed by atoms with Crippen molar-refractivity contribution in [1.82, 2.24) is 14.5 Å². The highest BCUT2D eigenvalue weighted by Gasteiger charge is 2.26. The first-order valence-corrected chi connectivity index (χ1v) is 9.80. The number of nitrogens with zero attached hydrogens (tertiary/aromatic N) is 3. The molecule has 8 nitrogen and oxygen atoms in total. The van der Waals surface area contributed by atoms with Crippen molar-refractivity contribution in [2.75, 3.05) is 14.2 Å². The van der Waals surface area contributed by atoms with Crippen molar-refractivity contribution in [3.05, 3.63) is 41.2 Å². The average Bonchev–Trinajstić information content (AvgIpc) is 3.04. The van der Waals surface area contributed by atoms with E-state index in [4.69, 9.17) is 9.47 Å². The number of pyridine rings is 1. The van der Waals surface area contributed by atoms with E-state index < -0.39 is 17.9 Å². The van der Waals surface area contributed by atoms with Crippen LogP contribution in [0.1, 0.15) is 28.5 Å². The summed E-state index contributed by atoms with van der Waals surface area (Å²) in [4.78, 5) is 20.5. The molecule has 0 radical (unpaired) electrons. The second-order valence-electron chi connectivity index (χ2n) is 6.16. The van der Waals surface area contributed by atoms with Crippen molar-refractivity contribution in [2.45, 2.75) is 31.5 Å². The number of carbonyl (C=O) groups is 1. The Bertz CT molecular complexity index is 1030. The summed E-state index contributed by atoms with van der Waals surface area (Å²) >= 11 is -1.62. The third-order valence-corrected chi connectivity index (χ3v) is 5.67. The fraction of sp³-hybridized carbons (Fsp3) is 0.316.